The number of thiazole rings is 1. The fourth-order valence-corrected chi connectivity index (χ4v) is 8.58. The lowest BCUT2D eigenvalue weighted by Gasteiger charge is -2.56. The van der Waals surface area contributed by atoms with Crippen molar-refractivity contribution < 1.29 is 9.47 Å². The van der Waals surface area contributed by atoms with Gasteiger partial charge in [0.25, 0.3) is 0 Å². The normalized spacial score (nSPS) is 27.8. The predicted molar refractivity (Wildman–Crippen MR) is 130 cm³/mol. The van der Waals surface area contributed by atoms with Crippen molar-refractivity contribution in [1.82, 2.24) is 19.9 Å². The first-order chi connectivity index (χ1) is 16.1. The highest BCUT2D eigenvalue weighted by Crippen LogP contribution is 2.61. The smallest absolute Gasteiger partial charge is 0.210 e. The molecule has 0 radical (unpaired) electrons. The number of aromatic nitrogens is 4. The molecule has 174 valence electrons. The van der Waals surface area contributed by atoms with Crippen LogP contribution in [0.5, 0.6) is 11.5 Å². The van der Waals surface area contributed by atoms with Gasteiger partial charge in [0.15, 0.2) is 17.3 Å². The molecule has 2 N–H and O–H groups in total. The van der Waals surface area contributed by atoms with Gasteiger partial charge >= 0.3 is 0 Å². The summed E-state index contributed by atoms with van der Waals surface area (Å²) in [5, 5.41) is 12.9. The van der Waals surface area contributed by atoms with Crippen LogP contribution in [0.25, 0.3) is 11.4 Å². The van der Waals surface area contributed by atoms with Crippen LogP contribution >= 0.6 is 23.1 Å². The third-order valence-electron chi connectivity index (χ3n) is 7.70. The zero-order valence-corrected chi connectivity index (χ0v) is 20.6. The van der Waals surface area contributed by atoms with E-state index in [2.05, 4.69) is 15.6 Å². The van der Waals surface area contributed by atoms with Gasteiger partial charge in [0, 0.05) is 22.1 Å². The van der Waals surface area contributed by atoms with Crippen LogP contribution in [0.2, 0.25) is 0 Å². The highest BCUT2D eigenvalue weighted by Gasteiger charge is 2.52. The van der Waals surface area contributed by atoms with E-state index in [0.29, 0.717) is 27.9 Å². The zero-order chi connectivity index (χ0) is 22.6. The molecule has 0 saturated heterocycles. The maximum Gasteiger partial charge on any atom is 0.210 e. The van der Waals surface area contributed by atoms with Crippen LogP contribution in [0.15, 0.2) is 28.7 Å². The van der Waals surface area contributed by atoms with Crippen LogP contribution in [0.1, 0.15) is 49.2 Å². The van der Waals surface area contributed by atoms with Crippen LogP contribution in [0, 0.1) is 17.8 Å². The average molecular weight is 484 g/mol. The zero-order valence-electron chi connectivity index (χ0n) is 19.0. The Morgan fingerprint density at radius 1 is 1.06 bits per heavy atom. The van der Waals surface area contributed by atoms with E-state index in [1.54, 1.807) is 26.0 Å². The molecule has 0 unspecified atom stereocenters. The summed E-state index contributed by atoms with van der Waals surface area (Å²) >= 11 is 3.44. The summed E-state index contributed by atoms with van der Waals surface area (Å²) in [6.45, 7) is 0. The highest BCUT2D eigenvalue weighted by molar-refractivity contribution is 7.98. The molecule has 3 aromatic rings. The van der Waals surface area contributed by atoms with Gasteiger partial charge in [-0.3, -0.25) is 0 Å². The van der Waals surface area contributed by atoms with Crippen molar-refractivity contribution in [2.45, 2.75) is 54.8 Å². The molecule has 1 aromatic carbocycles. The number of hydrogen-bond acceptors (Lipinski definition) is 8. The minimum absolute atomic E-state index is 0.358. The second kappa shape index (κ2) is 8.20. The minimum Gasteiger partial charge on any atom is -0.493 e. The summed E-state index contributed by atoms with van der Waals surface area (Å²) in [6, 6.07) is 5.61. The molecule has 4 aliphatic carbocycles. The van der Waals surface area contributed by atoms with E-state index in [9.17, 15) is 0 Å². The van der Waals surface area contributed by atoms with Gasteiger partial charge in [0.2, 0.25) is 5.16 Å². The first-order valence-corrected chi connectivity index (χ1v) is 13.4. The first-order valence-electron chi connectivity index (χ1n) is 11.6. The molecule has 0 aliphatic heterocycles. The quantitative estimate of drug-likeness (QED) is 0.378. The second-order valence-electron chi connectivity index (χ2n) is 9.88. The topological polar surface area (TPSA) is 88.1 Å². The maximum absolute atomic E-state index is 6.35. The molecule has 33 heavy (non-hydrogen) atoms. The van der Waals surface area contributed by atoms with Crippen molar-refractivity contribution in [3.8, 4) is 22.9 Å². The Morgan fingerprint density at radius 2 is 1.76 bits per heavy atom. The SMILES string of the molecule is COc1ccc(-c2nnc(SCc3csc(C45CC6CC(CC(C6)C4)C5)n3)n2N)cc1OC. The molecular weight excluding hydrogens is 454 g/mol. The van der Waals surface area contributed by atoms with Crippen molar-refractivity contribution in [3.05, 3.63) is 34.3 Å². The third-order valence-corrected chi connectivity index (χ3v) is 9.81. The summed E-state index contributed by atoms with van der Waals surface area (Å²) in [6.07, 6.45) is 8.44. The number of nitrogens with zero attached hydrogens (tertiary/aromatic N) is 4. The Balaban J connectivity index is 1.17. The van der Waals surface area contributed by atoms with Crippen LogP contribution in [-0.4, -0.2) is 34.1 Å². The predicted octanol–water partition coefficient (Wildman–Crippen LogP) is 4.89. The van der Waals surface area contributed by atoms with E-state index in [4.69, 9.17) is 20.3 Å². The molecule has 4 saturated carbocycles. The molecule has 4 bridgehead atoms. The van der Waals surface area contributed by atoms with Gasteiger partial charge in [0.05, 0.1) is 24.9 Å². The molecule has 7 nitrogen and oxygen atoms in total. The lowest BCUT2D eigenvalue weighted by Crippen LogP contribution is -2.48. The lowest BCUT2D eigenvalue weighted by molar-refractivity contribution is -0.00532. The number of hydrogen-bond donors (Lipinski definition) is 1. The van der Waals surface area contributed by atoms with E-state index in [-0.39, 0.29) is 0 Å². The Morgan fingerprint density at radius 3 is 2.42 bits per heavy atom. The molecule has 4 aliphatic rings. The van der Waals surface area contributed by atoms with Gasteiger partial charge in [-0.2, -0.15) is 0 Å². The van der Waals surface area contributed by atoms with Crippen molar-refractivity contribution in [2.24, 2.45) is 17.8 Å². The lowest BCUT2D eigenvalue weighted by atomic mass is 9.50. The number of nitrogens with two attached hydrogens (primary N) is 1. The molecule has 7 rings (SSSR count). The monoisotopic (exact) mass is 483 g/mol. The third kappa shape index (κ3) is 3.69. The Kier molecular flexibility index (Phi) is 5.29. The van der Waals surface area contributed by atoms with E-state index in [1.165, 1.54) is 48.2 Å². The van der Waals surface area contributed by atoms with Crippen LogP contribution in [0.3, 0.4) is 0 Å². The Labute approximate surface area is 202 Å². The largest absolute Gasteiger partial charge is 0.493 e. The van der Waals surface area contributed by atoms with Crippen LogP contribution in [-0.2, 0) is 11.2 Å². The molecular formula is C24H29N5O2S2. The number of ether oxygens (including phenoxy) is 2. The fourth-order valence-electron chi connectivity index (χ4n) is 6.68. The van der Waals surface area contributed by atoms with Crippen molar-refractivity contribution >= 4 is 23.1 Å². The van der Waals surface area contributed by atoms with Gasteiger partial charge < -0.3 is 15.3 Å². The Bertz CT molecular complexity index is 1140. The number of nitrogen functional groups attached to an aromatic ring is 1. The van der Waals surface area contributed by atoms with Crippen molar-refractivity contribution in [3.63, 3.8) is 0 Å². The van der Waals surface area contributed by atoms with E-state index < -0.39 is 0 Å². The van der Waals surface area contributed by atoms with E-state index in [1.807, 2.05) is 29.5 Å². The molecule has 4 fully saturated rings. The molecule has 0 spiro atoms. The fraction of sp³-hybridized carbons (Fsp3) is 0.542. The van der Waals surface area contributed by atoms with Crippen LogP contribution in [0.4, 0.5) is 0 Å². The Hall–Kier alpha value is -2.26. The first kappa shape index (κ1) is 21.3. The number of benzene rings is 1. The average Bonchev–Trinajstić information content (AvgIpc) is 3.43. The molecule has 2 heterocycles. The van der Waals surface area contributed by atoms with Gasteiger partial charge in [-0.15, -0.1) is 21.5 Å². The maximum atomic E-state index is 6.35. The highest BCUT2D eigenvalue weighted by atomic mass is 32.2. The van der Waals surface area contributed by atoms with Gasteiger partial charge in [-0.05, 0) is 74.5 Å². The van der Waals surface area contributed by atoms with Gasteiger partial charge in [-0.1, -0.05) is 11.8 Å². The van der Waals surface area contributed by atoms with Crippen molar-refractivity contribution in [2.75, 3.05) is 20.1 Å². The molecule has 2 aromatic heterocycles. The summed E-state index contributed by atoms with van der Waals surface area (Å²) in [7, 11) is 3.23. The summed E-state index contributed by atoms with van der Waals surface area (Å²) in [4.78, 5) is 5.12. The molecule has 0 atom stereocenters. The second-order valence-corrected chi connectivity index (χ2v) is 11.7. The number of thioether (sulfide) groups is 1. The number of rotatable bonds is 7. The standard InChI is InChI=1S/C24H29N5O2S2/c1-30-19-4-3-17(8-20(19)31-2)21-27-28-23(29(21)25)33-13-18-12-32-22(26-18)24-9-14-5-15(10-24)7-16(6-14)11-24/h3-4,8,12,14-16H,5-7,9-11,13,25H2,1-2H3. The molecule has 9 heteroatoms. The summed E-state index contributed by atoms with van der Waals surface area (Å²) in [5.41, 5.74) is 2.30. The molecule has 0 amide bonds. The number of methoxy groups -OCH3 is 2. The summed E-state index contributed by atoms with van der Waals surface area (Å²) < 4.78 is 12.3. The minimum atomic E-state index is 0.358. The van der Waals surface area contributed by atoms with Crippen molar-refractivity contribution in [1.29, 1.82) is 0 Å². The summed E-state index contributed by atoms with van der Waals surface area (Å²) in [5.74, 6) is 11.8. The van der Waals surface area contributed by atoms with E-state index >= 15 is 0 Å². The van der Waals surface area contributed by atoms with Gasteiger partial charge in [-0.25, -0.2) is 9.66 Å². The van der Waals surface area contributed by atoms with Crippen LogP contribution < -0.4 is 15.3 Å². The van der Waals surface area contributed by atoms with Gasteiger partial charge in [0.1, 0.15) is 0 Å². The van der Waals surface area contributed by atoms with E-state index in [0.717, 1.165) is 34.8 Å².